The van der Waals surface area contributed by atoms with Crippen molar-refractivity contribution >= 4 is 109 Å². The quantitative estimate of drug-likeness (QED) is 0.0101. The van der Waals surface area contributed by atoms with Crippen molar-refractivity contribution < 1.29 is 112 Å². The lowest BCUT2D eigenvalue weighted by Crippen LogP contribution is -2.81. The smallest absolute Gasteiger partial charge is 0.350 e. The van der Waals surface area contributed by atoms with Crippen molar-refractivity contribution in [2.45, 2.75) is 208 Å². The van der Waals surface area contributed by atoms with Crippen LogP contribution in [-0.4, -0.2) is 233 Å². The molecule has 0 spiro atoms. The number of amides is 9. The molecule has 7 aromatic rings. The molecule has 129 heavy (non-hydrogen) atoms. The Morgan fingerprint density at radius 3 is 1.91 bits per heavy atom. The number of esters is 3. The van der Waals surface area contributed by atoms with E-state index in [1.54, 1.807) is 115 Å². The number of nitrogens with two attached hydrogens (primary N) is 2. The molecular weight excluding hydrogens is 1700 g/mol. The van der Waals surface area contributed by atoms with Gasteiger partial charge in [0, 0.05) is 90.4 Å². The topological polar surface area (TPSA) is 544 Å². The molecule has 34 nitrogen and oxygen atoms in total. The number of aliphatic hydroxyl groups excluding tert-OH is 3. The minimum Gasteiger partial charge on any atom is -0.508 e. The van der Waals surface area contributed by atoms with E-state index < -0.39 is 222 Å². The second-order valence-electron chi connectivity index (χ2n) is 34.1. The summed E-state index contributed by atoms with van der Waals surface area (Å²) < 4.78 is 24.8. The number of phenols is 1. The Kier molecular flexibility index (Phi) is 31.4. The van der Waals surface area contributed by atoms with Crippen LogP contribution in [0.1, 0.15) is 135 Å². The molecule has 2 saturated heterocycles. The first-order chi connectivity index (χ1) is 61.5. The number of benzene rings is 6. The van der Waals surface area contributed by atoms with Gasteiger partial charge in [-0.05, 0) is 129 Å². The highest BCUT2D eigenvalue weighted by atomic mass is 33.1. The molecule has 36 heteroatoms. The third-order valence-electron chi connectivity index (χ3n) is 25.1. The summed E-state index contributed by atoms with van der Waals surface area (Å²) in [5, 5.41) is 94.7. The number of Topliss-reactive ketones (excluding diaryl/α,β-unsaturated/α-hetero) is 1. The molecule has 1 aromatic heterocycles. The van der Waals surface area contributed by atoms with E-state index >= 15 is 28.8 Å². The zero-order chi connectivity index (χ0) is 92.8. The van der Waals surface area contributed by atoms with Gasteiger partial charge in [-0.1, -0.05) is 163 Å². The Bertz CT molecular complexity index is 5290. The third-order valence-corrected chi connectivity index (χ3v) is 27.5. The van der Waals surface area contributed by atoms with Crippen LogP contribution in [0.15, 0.2) is 187 Å². The number of aromatic amines is 1. The first-order valence-electron chi connectivity index (χ1n) is 42.7. The fourth-order valence-corrected chi connectivity index (χ4v) is 20.1. The van der Waals surface area contributed by atoms with Crippen LogP contribution in [0, 0.1) is 16.7 Å². The van der Waals surface area contributed by atoms with Crippen molar-refractivity contribution in [2.24, 2.45) is 28.2 Å². The fourth-order valence-electron chi connectivity index (χ4n) is 17.8. The molecule has 3 heterocycles. The van der Waals surface area contributed by atoms with Gasteiger partial charge in [0.1, 0.15) is 83.6 Å². The number of aliphatic hydroxyl groups is 5. The molecule has 2 bridgehead atoms. The number of phenolic OH excluding ortho intramolecular Hbond substituents is 1. The standard InChI is InChI=1S/C93H109N11O23S2/c1-50-67(45-93(123)79(127-88(120)56-29-16-9-17-30-56)77-91(5,68(107)44-69-92(77,122)49-124-69)78(111)75(110)72(50)90(93,3)4)125-89(121)76(74(54-25-12-7-13-26-54)104-81(113)55-27-14-8-15-28-55)126-71(109)35-22-34-70(108)97-62(41-52-23-10-6-11-24-52)83(115)102-65-47-128-129-48-66(87(119)103-73(51(2)105)80(95)112)101-82(114)61(33-20-21-40-94)98-85(117)64(43-57-46-96-60-32-19-18-31-59(57)60)100-84(116)63(99-86(65)118)42-53-36-38-58(106)39-37-53/h6-19,23-32,36-39,46,51,61-69,73-77,79,96,105-107,110,122-123H,20-22,33-35,40-45,47-49,94H2,1-5H3,(H2,95,112)(H,97,108)(H,98,117)(H,99,118)(H,100,116)(H,101,114)(H,102,115)(H,103,119)(H,104,113)/t51-,61+,62-,63+,64-,65+,66+,67+,68+,69-,73+,74+,75-,76-,77+,79+,91-,92+,93-/m1/s1. The summed E-state index contributed by atoms with van der Waals surface area (Å²) in [4.78, 5) is 195. The molecule has 19 N–H and O–H groups in total. The van der Waals surface area contributed by atoms with Crippen molar-refractivity contribution in [1.29, 1.82) is 0 Å². The van der Waals surface area contributed by atoms with Gasteiger partial charge in [0.05, 0.1) is 35.9 Å². The number of carbonyl (C=O) groups excluding carboxylic acids is 13. The molecule has 0 unspecified atom stereocenters. The Morgan fingerprint density at radius 1 is 0.667 bits per heavy atom. The molecule has 6 aromatic carbocycles. The number of hydrogen-bond acceptors (Lipinski definition) is 26. The fraction of sp³-hybridized carbons (Fsp3) is 0.430. The lowest BCUT2D eigenvalue weighted by molar-refractivity contribution is -0.343. The highest BCUT2D eigenvalue weighted by molar-refractivity contribution is 8.76. The van der Waals surface area contributed by atoms with E-state index in [2.05, 4.69) is 47.5 Å². The largest absolute Gasteiger partial charge is 0.508 e. The molecule has 3 aliphatic carbocycles. The molecule has 2 saturated carbocycles. The first kappa shape index (κ1) is 96.2. The summed E-state index contributed by atoms with van der Waals surface area (Å²) in [5.41, 5.74) is 5.15. The van der Waals surface area contributed by atoms with Gasteiger partial charge in [-0.25, -0.2) is 9.59 Å². The number of primary amides is 1. The molecular formula is C93H109N11O23S2. The highest BCUT2D eigenvalue weighted by Crippen LogP contribution is 2.63. The Balaban J connectivity index is 0.831. The third kappa shape index (κ3) is 22.0. The van der Waals surface area contributed by atoms with E-state index in [0.29, 0.717) is 40.4 Å². The van der Waals surface area contributed by atoms with Crippen LogP contribution in [0.25, 0.3) is 10.9 Å². The molecule has 686 valence electrons. The van der Waals surface area contributed by atoms with Gasteiger partial charge < -0.3 is 109 Å². The van der Waals surface area contributed by atoms with E-state index in [0.717, 1.165) is 21.6 Å². The predicted octanol–water partition coefficient (Wildman–Crippen LogP) is 3.01. The van der Waals surface area contributed by atoms with Gasteiger partial charge in [0.2, 0.25) is 53.4 Å². The summed E-state index contributed by atoms with van der Waals surface area (Å²) in [5.74, 6) is -15.4. The number of fused-ring (bicyclic) bond motifs is 6. The number of aromatic hydroxyl groups is 1. The van der Waals surface area contributed by atoms with E-state index in [1.165, 1.54) is 95.3 Å². The molecule has 5 aliphatic rings. The van der Waals surface area contributed by atoms with E-state index in [1.807, 2.05) is 0 Å². The summed E-state index contributed by atoms with van der Waals surface area (Å²) in [7, 11) is 1.82. The van der Waals surface area contributed by atoms with Crippen molar-refractivity contribution in [1.82, 2.24) is 47.5 Å². The molecule has 12 rings (SSSR count). The van der Waals surface area contributed by atoms with Gasteiger partial charge in [-0.2, -0.15) is 0 Å². The number of aromatic nitrogens is 1. The van der Waals surface area contributed by atoms with E-state index in [9.17, 15) is 64.2 Å². The van der Waals surface area contributed by atoms with Crippen molar-refractivity contribution in [3.05, 3.63) is 221 Å². The maximum atomic E-state index is 15.8. The van der Waals surface area contributed by atoms with Crippen LogP contribution >= 0.6 is 21.6 Å². The predicted molar refractivity (Wildman–Crippen MR) is 472 cm³/mol. The lowest BCUT2D eigenvalue weighted by atomic mass is 9.44. The minimum absolute atomic E-state index is 0.00609. The molecule has 4 fully saturated rings. The van der Waals surface area contributed by atoms with Crippen LogP contribution in [0.4, 0.5) is 0 Å². The van der Waals surface area contributed by atoms with Crippen LogP contribution in [0.5, 0.6) is 5.75 Å². The maximum Gasteiger partial charge on any atom is 0.350 e. The van der Waals surface area contributed by atoms with Crippen LogP contribution in [-0.2, 0) is 90.9 Å². The second kappa shape index (κ2) is 42.1. The van der Waals surface area contributed by atoms with Gasteiger partial charge in [-0.3, -0.25) is 52.7 Å². The summed E-state index contributed by atoms with van der Waals surface area (Å²) >= 11 is 0. The van der Waals surface area contributed by atoms with Crippen molar-refractivity contribution in [3.63, 3.8) is 0 Å². The van der Waals surface area contributed by atoms with Gasteiger partial charge in [0.15, 0.2) is 5.78 Å². The summed E-state index contributed by atoms with van der Waals surface area (Å²) in [6.45, 7) is 6.70. The number of hydrogen-bond donors (Lipinski definition) is 17. The minimum atomic E-state index is -2.55. The molecule has 19 atom stereocenters. The number of carbonyl (C=O) groups is 13. The number of nitrogens with one attached hydrogen (secondary N) is 9. The number of unbranched alkanes of at least 4 members (excludes halogenated alkanes) is 1. The number of ether oxygens (including phenoxy) is 4. The van der Waals surface area contributed by atoms with Gasteiger partial charge >= 0.3 is 17.9 Å². The Hall–Kier alpha value is -11.9. The van der Waals surface area contributed by atoms with Gasteiger partial charge in [-0.15, -0.1) is 0 Å². The maximum absolute atomic E-state index is 15.8. The summed E-state index contributed by atoms with van der Waals surface area (Å²) in [6, 6.07) is 32.1. The lowest BCUT2D eigenvalue weighted by Gasteiger charge is -2.66. The van der Waals surface area contributed by atoms with E-state index in [-0.39, 0.29) is 90.2 Å². The summed E-state index contributed by atoms with van der Waals surface area (Å²) in [6.07, 6.45) is -13.2. The second-order valence-corrected chi connectivity index (χ2v) is 36.6. The highest BCUT2D eigenvalue weighted by Gasteiger charge is 2.76. The Labute approximate surface area is 751 Å². The van der Waals surface area contributed by atoms with E-state index in [4.69, 9.17) is 30.4 Å². The van der Waals surface area contributed by atoms with Crippen molar-refractivity contribution in [2.75, 3.05) is 24.7 Å². The number of H-pyrrole nitrogens is 1. The first-order valence-corrected chi connectivity index (χ1v) is 45.2. The average Bonchev–Trinajstić information content (AvgIpc) is 0.780. The van der Waals surface area contributed by atoms with Crippen LogP contribution < -0.4 is 54.0 Å². The normalized spacial score (nSPS) is 26.5. The number of ketones is 1. The molecule has 0 radical (unpaired) electrons. The van der Waals surface area contributed by atoms with Crippen molar-refractivity contribution in [3.8, 4) is 5.75 Å². The number of para-hydroxylation sites is 1. The zero-order valence-electron chi connectivity index (χ0n) is 71.7. The molecule has 9 amide bonds. The van der Waals surface area contributed by atoms with Crippen LogP contribution in [0.3, 0.4) is 0 Å². The Morgan fingerprint density at radius 2 is 1.27 bits per heavy atom. The SMILES string of the molecule is CC1=C2[C@@H](O)C(=O)[C@@]3(C)[C@H]([C@H](OC(=O)c4ccccc4)[C@](O)(C[C@@H]1OC(=O)[C@H](OC(=O)CCCC(=O)N[C@H](Cc1ccccc1)C(=O)N[C@H]1CSSC[C@@H](C(=O)N[C@H](C(N)=O)[C@@H](C)O)NC(=O)[C@H](CCCCN)NC(=O)[C@@H](Cc4c[nH]c5ccccc45)NC(=O)[C@H](Cc4ccc(O)cc4)NC1=O)[C@@H](NC(=O)c1ccccc1)c1ccccc1)C2(C)C)[C@]1(O)CO[C@@H]1C[C@@H]3O. The molecule has 2 aliphatic heterocycles. The van der Waals surface area contributed by atoms with Gasteiger partial charge in [0.25, 0.3) is 5.91 Å². The zero-order valence-corrected chi connectivity index (χ0v) is 73.3. The van der Waals surface area contributed by atoms with Crippen LogP contribution in [0.2, 0.25) is 0 Å². The monoisotopic (exact) mass is 1810 g/mol. The number of rotatable bonds is 30. The average molecular weight is 1810 g/mol.